The topological polar surface area (TPSA) is 82.6 Å². The second-order valence-electron chi connectivity index (χ2n) is 7.25. The number of nitrogens with zero attached hydrogens (tertiary/aromatic N) is 1. The Kier molecular flexibility index (Phi) is 5.69. The van der Waals surface area contributed by atoms with E-state index in [9.17, 15) is 14.7 Å². The minimum atomic E-state index is -0.765. The van der Waals surface area contributed by atoms with Gasteiger partial charge in [-0.2, -0.15) is 0 Å². The number of H-pyrrole nitrogens is 1. The monoisotopic (exact) mass is 458 g/mol. The first-order chi connectivity index (χ1) is 14.9. The molecule has 1 aromatic heterocycles. The van der Waals surface area contributed by atoms with Gasteiger partial charge in [0.15, 0.2) is 0 Å². The summed E-state index contributed by atoms with van der Waals surface area (Å²) in [7, 11) is 1.40. The fourth-order valence-corrected chi connectivity index (χ4v) is 4.65. The van der Waals surface area contributed by atoms with Gasteiger partial charge in [-0.25, -0.2) is 0 Å². The number of hydrogen-bond donors (Lipinski definition) is 2. The van der Waals surface area contributed by atoms with Crippen LogP contribution in [-0.2, 0) is 9.59 Å². The van der Waals surface area contributed by atoms with Crippen LogP contribution in [0.1, 0.15) is 30.5 Å². The summed E-state index contributed by atoms with van der Waals surface area (Å²) in [5.74, 6) is -1.64. The maximum atomic E-state index is 13.1. The van der Waals surface area contributed by atoms with Crippen LogP contribution in [0, 0.1) is 0 Å². The molecule has 1 aliphatic rings. The molecule has 1 amide bonds. The molecule has 31 heavy (non-hydrogen) atoms. The number of aromatic amines is 1. The molecule has 1 fully saturated rings. The molecule has 0 radical (unpaired) electrons. The van der Waals surface area contributed by atoms with E-state index in [4.69, 9.17) is 27.9 Å². The van der Waals surface area contributed by atoms with Gasteiger partial charge in [0, 0.05) is 34.2 Å². The standard InChI is InChI=1S/C23H20Cl2N2O4/c1-3-8-27-19(15-11-26-17-7-5-4-6-13(15)17)18(21(29)23(27)30)20(28)14-9-12(24)10-16(25)22(14)31-2/h4-7,9-11,19,26,28H,3,8H2,1-2H3/b20-18+. The molecule has 1 saturated heterocycles. The van der Waals surface area contributed by atoms with E-state index in [1.54, 1.807) is 6.20 Å². The first kappa shape index (κ1) is 21.3. The van der Waals surface area contributed by atoms with Crippen LogP contribution in [0.5, 0.6) is 5.75 Å². The number of amides is 1. The predicted octanol–water partition coefficient (Wildman–Crippen LogP) is 5.32. The minimum Gasteiger partial charge on any atom is -0.507 e. The van der Waals surface area contributed by atoms with E-state index in [1.807, 2.05) is 31.2 Å². The van der Waals surface area contributed by atoms with E-state index in [1.165, 1.54) is 24.1 Å². The molecule has 160 valence electrons. The molecule has 0 spiro atoms. The van der Waals surface area contributed by atoms with E-state index in [0.717, 1.165) is 16.5 Å². The summed E-state index contributed by atoms with van der Waals surface area (Å²) in [4.78, 5) is 30.7. The third-order valence-corrected chi connectivity index (χ3v) is 5.89. The summed E-state index contributed by atoms with van der Waals surface area (Å²) >= 11 is 12.4. The van der Waals surface area contributed by atoms with Gasteiger partial charge in [0.2, 0.25) is 0 Å². The summed E-state index contributed by atoms with van der Waals surface area (Å²) in [6.07, 6.45) is 2.41. The second kappa shape index (κ2) is 8.29. The molecule has 2 N–H and O–H groups in total. The van der Waals surface area contributed by atoms with E-state index in [-0.39, 0.29) is 32.7 Å². The van der Waals surface area contributed by atoms with Crippen molar-refractivity contribution in [1.29, 1.82) is 0 Å². The maximum absolute atomic E-state index is 13.1. The molecule has 2 aromatic carbocycles. The van der Waals surface area contributed by atoms with Crippen LogP contribution in [0.15, 0.2) is 48.2 Å². The highest BCUT2D eigenvalue weighted by Crippen LogP contribution is 2.44. The zero-order chi connectivity index (χ0) is 22.3. The number of aromatic nitrogens is 1. The number of fused-ring (bicyclic) bond motifs is 1. The van der Waals surface area contributed by atoms with Gasteiger partial charge in [-0.15, -0.1) is 0 Å². The third-order valence-electron chi connectivity index (χ3n) is 5.39. The minimum absolute atomic E-state index is 0.0279. The molecule has 0 bridgehead atoms. The van der Waals surface area contributed by atoms with E-state index < -0.39 is 17.7 Å². The molecule has 6 nitrogen and oxygen atoms in total. The molecule has 2 heterocycles. The molecule has 3 aromatic rings. The van der Waals surface area contributed by atoms with Crippen LogP contribution in [0.25, 0.3) is 16.7 Å². The van der Waals surface area contributed by atoms with Gasteiger partial charge >= 0.3 is 0 Å². The maximum Gasteiger partial charge on any atom is 0.295 e. The van der Waals surface area contributed by atoms with Gasteiger partial charge in [0.05, 0.1) is 29.3 Å². The number of halogens is 2. The Hall–Kier alpha value is -2.96. The average molecular weight is 459 g/mol. The molecule has 8 heteroatoms. The van der Waals surface area contributed by atoms with Gasteiger partial charge in [-0.05, 0) is 24.6 Å². The number of aliphatic hydroxyl groups excluding tert-OH is 1. The first-order valence-corrected chi connectivity index (χ1v) is 10.5. The number of rotatable bonds is 5. The number of para-hydroxylation sites is 1. The Labute approximate surface area is 189 Å². The molecule has 1 unspecified atom stereocenters. The number of methoxy groups -OCH3 is 1. The summed E-state index contributed by atoms with van der Waals surface area (Å²) in [6, 6.07) is 9.76. The van der Waals surface area contributed by atoms with Gasteiger partial charge in [0.1, 0.15) is 11.5 Å². The zero-order valence-electron chi connectivity index (χ0n) is 16.9. The fourth-order valence-electron chi connectivity index (χ4n) is 4.08. The van der Waals surface area contributed by atoms with Crippen molar-refractivity contribution < 1.29 is 19.4 Å². The SMILES string of the molecule is CCCN1C(=O)C(=O)/C(=C(/O)c2cc(Cl)cc(Cl)c2OC)C1c1c[nH]c2ccccc12. The van der Waals surface area contributed by atoms with Crippen LogP contribution in [-0.4, -0.2) is 40.3 Å². The number of likely N-dealkylation sites (tertiary alicyclic amines) is 1. The molecule has 1 aliphatic heterocycles. The van der Waals surface area contributed by atoms with Crippen LogP contribution in [0.4, 0.5) is 0 Å². The summed E-state index contributed by atoms with van der Waals surface area (Å²) < 4.78 is 5.34. The summed E-state index contributed by atoms with van der Waals surface area (Å²) in [6.45, 7) is 2.28. The first-order valence-electron chi connectivity index (χ1n) is 9.76. The number of carbonyl (C=O) groups is 2. The normalized spacial score (nSPS) is 18.2. The van der Waals surface area contributed by atoms with Crippen molar-refractivity contribution in [2.45, 2.75) is 19.4 Å². The van der Waals surface area contributed by atoms with Crippen molar-refractivity contribution in [2.24, 2.45) is 0 Å². The van der Waals surface area contributed by atoms with E-state index >= 15 is 0 Å². The number of ether oxygens (including phenoxy) is 1. The van der Waals surface area contributed by atoms with E-state index in [2.05, 4.69) is 4.98 Å². The molecule has 1 atom stereocenters. The molecule has 4 rings (SSSR count). The smallest absolute Gasteiger partial charge is 0.295 e. The van der Waals surface area contributed by atoms with Gasteiger partial charge in [-0.3, -0.25) is 9.59 Å². The Morgan fingerprint density at radius 2 is 1.97 bits per heavy atom. The number of aliphatic hydroxyl groups is 1. The number of nitrogens with one attached hydrogen (secondary N) is 1. The summed E-state index contributed by atoms with van der Waals surface area (Å²) in [5.41, 5.74) is 1.71. The van der Waals surface area contributed by atoms with Crippen LogP contribution < -0.4 is 4.74 Å². The van der Waals surface area contributed by atoms with Crippen LogP contribution in [0.3, 0.4) is 0 Å². The second-order valence-corrected chi connectivity index (χ2v) is 8.09. The average Bonchev–Trinajstić information content (AvgIpc) is 3.27. The highest BCUT2D eigenvalue weighted by atomic mass is 35.5. The lowest BCUT2D eigenvalue weighted by Crippen LogP contribution is -2.30. The van der Waals surface area contributed by atoms with Crippen LogP contribution >= 0.6 is 23.2 Å². The number of Topliss-reactive ketones (excluding diaryl/α,β-unsaturated/α-hetero) is 1. The van der Waals surface area contributed by atoms with E-state index in [0.29, 0.717) is 13.0 Å². The highest BCUT2D eigenvalue weighted by molar-refractivity contribution is 6.47. The lowest BCUT2D eigenvalue weighted by atomic mass is 9.94. The van der Waals surface area contributed by atoms with Crippen molar-refractivity contribution in [2.75, 3.05) is 13.7 Å². The largest absolute Gasteiger partial charge is 0.507 e. The number of ketones is 1. The molecular weight excluding hydrogens is 439 g/mol. The predicted molar refractivity (Wildman–Crippen MR) is 121 cm³/mol. The molecular formula is C23H20Cl2N2O4. The number of hydrogen-bond acceptors (Lipinski definition) is 4. The zero-order valence-corrected chi connectivity index (χ0v) is 18.4. The quantitative estimate of drug-likeness (QED) is 0.308. The fraction of sp³-hybridized carbons (Fsp3) is 0.217. The number of carbonyl (C=O) groups excluding carboxylic acids is 2. The van der Waals surface area contributed by atoms with Gasteiger partial charge < -0.3 is 19.7 Å². The highest BCUT2D eigenvalue weighted by Gasteiger charge is 2.46. The van der Waals surface area contributed by atoms with Crippen molar-refractivity contribution in [3.63, 3.8) is 0 Å². The lowest BCUT2D eigenvalue weighted by molar-refractivity contribution is -0.139. The third kappa shape index (κ3) is 3.46. The van der Waals surface area contributed by atoms with Crippen LogP contribution in [0.2, 0.25) is 10.0 Å². The van der Waals surface area contributed by atoms with Crippen molar-refractivity contribution in [3.05, 3.63) is 69.3 Å². The summed E-state index contributed by atoms with van der Waals surface area (Å²) in [5, 5.41) is 12.6. The molecule has 0 aliphatic carbocycles. The van der Waals surface area contributed by atoms with Gasteiger partial charge in [-0.1, -0.05) is 48.3 Å². The Bertz CT molecular complexity index is 1230. The number of benzene rings is 2. The lowest BCUT2D eigenvalue weighted by Gasteiger charge is -2.24. The Morgan fingerprint density at radius 3 is 2.68 bits per heavy atom. The molecule has 0 saturated carbocycles. The van der Waals surface area contributed by atoms with Crippen molar-refractivity contribution in [1.82, 2.24) is 9.88 Å². The Morgan fingerprint density at radius 1 is 1.23 bits per heavy atom. The Balaban J connectivity index is 2.01. The van der Waals surface area contributed by atoms with Crippen molar-refractivity contribution in [3.8, 4) is 5.75 Å². The van der Waals surface area contributed by atoms with Gasteiger partial charge in [0.25, 0.3) is 11.7 Å². The van der Waals surface area contributed by atoms with Crippen molar-refractivity contribution >= 4 is 51.6 Å².